The zero-order valence-electron chi connectivity index (χ0n) is 17.9. The molecule has 1 aliphatic heterocycles. The quantitative estimate of drug-likeness (QED) is 0.423. The minimum atomic E-state index is -0.784. The van der Waals surface area contributed by atoms with Crippen LogP contribution in [0.4, 0.5) is 6.01 Å². The summed E-state index contributed by atoms with van der Waals surface area (Å²) in [7, 11) is 0. The second-order valence-electron chi connectivity index (χ2n) is 7.98. The fourth-order valence-electron chi connectivity index (χ4n) is 3.99. The lowest BCUT2D eigenvalue weighted by molar-refractivity contribution is -0.141. The Labute approximate surface area is 191 Å². The summed E-state index contributed by atoms with van der Waals surface area (Å²) in [4.78, 5) is 22.4. The molecule has 2 aromatic carbocycles. The van der Waals surface area contributed by atoms with Crippen LogP contribution in [0.25, 0.3) is 22.6 Å². The second kappa shape index (κ2) is 9.16. The van der Waals surface area contributed by atoms with E-state index in [1.54, 1.807) is 12.4 Å². The average Bonchev–Trinajstić information content (AvgIpc) is 3.31. The highest BCUT2D eigenvalue weighted by Crippen LogP contribution is 2.37. The highest BCUT2D eigenvalue weighted by atomic mass is 16.5. The molecule has 7 heteroatoms. The van der Waals surface area contributed by atoms with E-state index in [0.717, 1.165) is 29.0 Å². The molecule has 0 aliphatic carbocycles. The zero-order chi connectivity index (χ0) is 22.6. The summed E-state index contributed by atoms with van der Waals surface area (Å²) < 4.78 is 12.1. The summed E-state index contributed by atoms with van der Waals surface area (Å²) in [5.41, 5.74) is 2.36. The van der Waals surface area contributed by atoms with Crippen molar-refractivity contribution in [1.29, 1.82) is 0 Å². The number of pyridine rings is 1. The third-order valence-electron chi connectivity index (χ3n) is 5.69. The van der Waals surface area contributed by atoms with Crippen molar-refractivity contribution in [2.45, 2.75) is 12.8 Å². The van der Waals surface area contributed by atoms with Crippen LogP contribution in [0.2, 0.25) is 0 Å². The summed E-state index contributed by atoms with van der Waals surface area (Å²) in [5, 5.41) is 9.45. The normalized spacial score (nSPS) is 15.9. The molecule has 1 saturated heterocycles. The molecule has 0 amide bonds. The minimum absolute atomic E-state index is 0.381. The zero-order valence-corrected chi connectivity index (χ0v) is 17.9. The number of aliphatic carboxylic acids is 1. The van der Waals surface area contributed by atoms with E-state index in [1.807, 2.05) is 71.6 Å². The van der Waals surface area contributed by atoms with Gasteiger partial charge in [0, 0.05) is 36.6 Å². The molecule has 33 heavy (non-hydrogen) atoms. The van der Waals surface area contributed by atoms with E-state index < -0.39 is 11.9 Å². The first-order valence-electron chi connectivity index (χ1n) is 10.9. The third kappa shape index (κ3) is 4.57. The topological polar surface area (TPSA) is 88.7 Å². The summed E-state index contributed by atoms with van der Waals surface area (Å²) in [6.07, 6.45) is 4.88. The van der Waals surface area contributed by atoms with E-state index in [0.29, 0.717) is 37.0 Å². The van der Waals surface area contributed by atoms with Gasteiger partial charge in [-0.15, -0.1) is 0 Å². The number of carbonyl (C=O) groups is 1. The molecule has 0 radical (unpaired) electrons. The lowest BCUT2D eigenvalue weighted by Gasteiger charge is -2.29. The molecule has 1 fully saturated rings. The van der Waals surface area contributed by atoms with E-state index >= 15 is 0 Å². The van der Waals surface area contributed by atoms with E-state index in [-0.39, 0.29) is 0 Å². The molecule has 0 saturated carbocycles. The van der Waals surface area contributed by atoms with Gasteiger partial charge >= 0.3 is 5.97 Å². The summed E-state index contributed by atoms with van der Waals surface area (Å²) >= 11 is 0. The number of ether oxygens (including phenoxy) is 1. The number of para-hydroxylation sites is 1. The van der Waals surface area contributed by atoms with Gasteiger partial charge in [0.25, 0.3) is 6.01 Å². The number of oxazole rings is 1. The molecule has 166 valence electrons. The van der Waals surface area contributed by atoms with Crippen LogP contribution in [-0.2, 0) is 4.79 Å². The number of hydrogen-bond donors (Lipinski definition) is 1. The number of benzene rings is 2. The van der Waals surface area contributed by atoms with Gasteiger partial charge in [0.2, 0.25) is 0 Å². The number of carboxylic acid groups (broad SMARTS) is 1. The van der Waals surface area contributed by atoms with Crippen molar-refractivity contribution < 1.29 is 19.1 Å². The maximum Gasteiger partial charge on any atom is 0.308 e. The van der Waals surface area contributed by atoms with E-state index in [4.69, 9.17) is 14.1 Å². The van der Waals surface area contributed by atoms with Gasteiger partial charge in [0.1, 0.15) is 17.2 Å². The Bertz CT molecular complexity index is 1220. The van der Waals surface area contributed by atoms with Crippen molar-refractivity contribution in [3.63, 3.8) is 0 Å². The van der Waals surface area contributed by atoms with Crippen molar-refractivity contribution in [2.24, 2.45) is 5.92 Å². The van der Waals surface area contributed by atoms with Gasteiger partial charge in [0.05, 0.1) is 5.92 Å². The Hall–Kier alpha value is -4.13. The lowest BCUT2D eigenvalue weighted by Crippen LogP contribution is -2.38. The van der Waals surface area contributed by atoms with Crippen LogP contribution in [0, 0.1) is 5.92 Å². The summed E-state index contributed by atoms with van der Waals surface area (Å²) in [6, 6.07) is 21.5. The largest absolute Gasteiger partial charge is 0.481 e. The molecule has 1 atom stereocenters. The molecule has 0 spiro atoms. The van der Waals surface area contributed by atoms with Crippen LogP contribution in [-0.4, -0.2) is 34.1 Å². The number of aromatic nitrogens is 2. The van der Waals surface area contributed by atoms with E-state index in [9.17, 15) is 9.90 Å². The molecule has 0 bridgehead atoms. The molecule has 4 aromatic rings. The Kier molecular flexibility index (Phi) is 5.76. The number of hydrogen-bond acceptors (Lipinski definition) is 6. The number of piperidine rings is 1. The molecule has 7 nitrogen and oxygen atoms in total. The maximum atomic E-state index is 11.5. The predicted molar refractivity (Wildman–Crippen MR) is 124 cm³/mol. The van der Waals surface area contributed by atoms with Crippen molar-refractivity contribution >= 4 is 12.0 Å². The van der Waals surface area contributed by atoms with Crippen LogP contribution in [0.1, 0.15) is 12.8 Å². The van der Waals surface area contributed by atoms with E-state index in [1.165, 1.54) is 0 Å². The van der Waals surface area contributed by atoms with Crippen molar-refractivity contribution in [2.75, 3.05) is 18.0 Å². The Morgan fingerprint density at radius 3 is 2.52 bits per heavy atom. The van der Waals surface area contributed by atoms with Gasteiger partial charge in [-0.2, -0.15) is 4.98 Å². The Morgan fingerprint density at radius 1 is 1.00 bits per heavy atom. The van der Waals surface area contributed by atoms with Gasteiger partial charge < -0.3 is 19.2 Å². The SMILES string of the molecule is O=C(O)C1CCCN(c2nc(-c3ccc(Oc4ccccc4)cc3)c(-c3cccnc3)o2)C1. The molecule has 1 unspecified atom stereocenters. The van der Waals surface area contributed by atoms with Gasteiger partial charge in [-0.25, -0.2) is 0 Å². The molecule has 5 rings (SSSR count). The second-order valence-corrected chi connectivity index (χ2v) is 7.98. The summed E-state index contributed by atoms with van der Waals surface area (Å²) in [5.74, 6) is 0.880. The van der Waals surface area contributed by atoms with Crippen LogP contribution in [0.3, 0.4) is 0 Å². The van der Waals surface area contributed by atoms with Crippen molar-refractivity contribution in [3.05, 3.63) is 79.1 Å². The average molecular weight is 441 g/mol. The fraction of sp³-hybridized carbons (Fsp3) is 0.192. The first kappa shape index (κ1) is 20.8. The number of carboxylic acids is 1. The van der Waals surface area contributed by atoms with Crippen LogP contribution < -0.4 is 9.64 Å². The first-order valence-corrected chi connectivity index (χ1v) is 10.9. The lowest BCUT2D eigenvalue weighted by atomic mass is 9.99. The molecule has 2 aromatic heterocycles. The fourth-order valence-corrected chi connectivity index (χ4v) is 3.99. The summed E-state index contributed by atoms with van der Waals surface area (Å²) in [6.45, 7) is 1.09. The standard InChI is InChI=1S/C26H23N3O4/c30-25(31)20-7-5-15-29(17-20)26-28-23(24(33-26)19-6-4-14-27-16-19)18-10-12-22(13-11-18)32-21-8-2-1-3-9-21/h1-4,6,8-14,16,20H,5,7,15,17H2,(H,30,31). The highest BCUT2D eigenvalue weighted by Gasteiger charge is 2.29. The smallest absolute Gasteiger partial charge is 0.308 e. The molecular weight excluding hydrogens is 418 g/mol. The molecule has 3 heterocycles. The minimum Gasteiger partial charge on any atom is -0.481 e. The monoisotopic (exact) mass is 441 g/mol. The molecular formula is C26H23N3O4. The van der Waals surface area contributed by atoms with Crippen molar-refractivity contribution in [1.82, 2.24) is 9.97 Å². The Morgan fingerprint density at radius 2 is 1.79 bits per heavy atom. The van der Waals surface area contributed by atoms with Gasteiger partial charge in [-0.3, -0.25) is 9.78 Å². The van der Waals surface area contributed by atoms with Crippen LogP contribution in [0.15, 0.2) is 83.5 Å². The van der Waals surface area contributed by atoms with E-state index in [2.05, 4.69) is 4.98 Å². The van der Waals surface area contributed by atoms with Crippen LogP contribution >= 0.6 is 0 Å². The molecule has 1 N–H and O–H groups in total. The van der Waals surface area contributed by atoms with Crippen molar-refractivity contribution in [3.8, 4) is 34.1 Å². The van der Waals surface area contributed by atoms with Gasteiger partial charge in [-0.05, 0) is 61.4 Å². The maximum absolute atomic E-state index is 11.5. The third-order valence-corrected chi connectivity index (χ3v) is 5.69. The van der Waals surface area contributed by atoms with Crippen LogP contribution in [0.5, 0.6) is 11.5 Å². The predicted octanol–water partition coefficient (Wildman–Crippen LogP) is 5.50. The Balaban J connectivity index is 1.47. The molecule has 1 aliphatic rings. The number of nitrogens with zero attached hydrogens (tertiary/aromatic N) is 3. The number of anilines is 1. The van der Waals surface area contributed by atoms with Gasteiger partial charge in [0.15, 0.2) is 5.76 Å². The highest BCUT2D eigenvalue weighted by molar-refractivity contribution is 5.78. The number of rotatable bonds is 6. The first-order chi connectivity index (χ1) is 16.2. The van der Waals surface area contributed by atoms with Gasteiger partial charge in [-0.1, -0.05) is 18.2 Å².